The molecule has 0 atom stereocenters. The summed E-state index contributed by atoms with van der Waals surface area (Å²) in [5, 5.41) is 2.92. The lowest BCUT2D eigenvalue weighted by molar-refractivity contribution is 0.583. The second-order valence-electron chi connectivity index (χ2n) is 7.43. The number of benzene rings is 3. The van der Waals surface area contributed by atoms with Crippen molar-refractivity contribution in [3.05, 3.63) is 88.2 Å². The highest BCUT2D eigenvalue weighted by molar-refractivity contribution is 9.10. The third-order valence-corrected chi connectivity index (χ3v) is 6.50. The first kappa shape index (κ1) is 18.0. The Morgan fingerprint density at radius 2 is 1.93 bits per heavy atom. The maximum atomic E-state index is 6.37. The standard InChI is InChI=1S/C25H16BrClN2O/c26-18-14-16(27)10-12-21(18)29-20-9-5-4-8-17(20)23-22(29)13-11-19-24(23)30-25(28-19)15-6-2-1-3-7-15/h1-2,4-6,8-14H,3,7H2. The average molecular weight is 476 g/mol. The van der Waals surface area contributed by atoms with E-state index in [2.05, 4.69) is 69.1 Å². The molecule has 2 heterocycles. The zero-order chi connectivity index (χ0) is 20.2. The highest BCUT2D eigenvalue weighted by Crippen LogP contribution is 2.39. The molecule has 2 aromatic heterocycles. The molecule has 0 amide bonds. The van der Waals surface area contributed by atoms with Crippen LogP contribution >= 0.6 is 27.5 Å². The molecule has 0 saturated heterocycles. The van der Waals surface area contributed by atoms with Crippen LogP contribution in [0, 0.1) is 0 Å². The van der Waals surface area contributed by atoms with Crippen LogP contribution < -0.4 is 0 Å². The van der Waals surface area contributed by atoms with Crippen molar-refractivity contribution in [2.45, 2.75) is 12.8 Å². The maximum Gasteiger partial charge on any atom is 0.223 e. The Morgan fingerprint density at radius 1 is 1.03 bits per heavy atom. The first-order chi connectivity index (χ1) is 14.7. The van der Waals surface area contributed by atoms with Gasteiger partial charge in [0, 0.05) is 20.5 Å². The smallest absolute Gasteiger partial charge is 0.223 e. The summed E-state index contributed by atoms with van der Waals surface area (Å²) in [6, 6.07) is 18.4. The van der Waals surface area contributed by atoms with Crippen molar-refractivity contribution in [1.29, 1.82) is 0 Å². The fraction of sp³-hybridized carbons (Fsp3) is 0.0800. The number of oxazole rings is 1. The van der Waals surface area contributed by atoms with Gasteiger partial charge in [-0.15, -0.1) is 0 Å². The van der Waals surface area contributed by atoms with Crippen LogP contribution in [0.15, 0.2) is 81.7 Å². The van der Waals surface area contributed by atoms with E-state index in [0.29, 0.717) is 10.9 Å². The van der Waals surface area contributed by atoms with Crippen molar-refractivity contribution in [2.75, 3.05) is 0 Å². The SMILES string of the molecule is Clc1ccc(-n2c3ccccc3c3c4oc(C5=CC=CCC5)nc4ccc32)c(Br)c1. The molecule has 3 aromatic carbocycles. The Balaban J connectivity index is 1.71. The van der Waals surface area contributed by atoms with Crippen molar-refractivity contribution in [3.8, 4) is 5.69 Å². The quantitative estimate of drug-likeness (QED) is 0.258. The first-order valence-electron chi connectivity index (χ1n) is 9.85. The van der Waals surface area contributed by atoms with E-state index in [1.165, 1.54) is 0 Å². The number of allylic oxidation sites excluding steroid dienone is 4. The van der Waals surface area contributed by atoms with Gasteiger partial charge < -0.3 is 8.98 Å². The molecule has 0 saturated carbocycles. The largest absolute Gasteiger partial charge is 0.436 e. The van der Waals surface area contributed by atoms with Crippen LogP contribution in [0.5, 0.6) is 0 Å². The molecule has 1 aliphatic rings. The minimum Gasteiger partial charge on any atom is -0.436 e. The van der Waals surface area contributed by atoms with Crippen molar-refractivity contribution in [1.82, 2.24) is 9.55 Å². The molecule has 5 aromatic rings. The molecule has 1 aliphatic carbocycles. The number of nitrogens with zero attached hydrogens (tertiary/aromatic N) is 2. The Kier molecular flexibility index (Phi) is 4.12. The second kappa shape index (κ2) is 6.86. The van der Waals surface area contributed by atoms with Gasteiger partial charge in [-0.2, -0.15) is 0 Å². The van der Waals surface area contributed by atoms with Gasteiger partial charge in [0.05, 0.1) is 22.1 Å². The average Bonchev–Trinajstić information content (AvgIpc) is 3.34. The van der Waals surface area contributed by atoms with E-state index in [0.717, 1.165) is 61.5 Å². The molecular weight excluding hydrogens is 460 g/mol. The van der Waals surface area contributed by atoms with Gasteiger partial charge >= 0.3 is 0 Å². The summed E-state index contributed by atoms with van der Waals surface area (Å²) >= 11 is 9.89. The third-order valence-electron chi connectivity index (χ3n) is 5.63. The number of halogens is 2. The molecule has 3 nitrogen and oxygen atoms in total. The van der Waals surface area contributed by atoms with Gasteiger partial charge in [-0.25, -0.2) is 4.98 Å². The van der Waals surface area contributed by atoms with Crippen molar-refractivity contribution in [2.24, 2.45) is 0 Å². The molecule has 0 N–H and O–H groups in total. The molecule has 0 fully saturated rings. The molecule has 0 bridgehead atoms. The van der Waals surface area contributed by atoms with Crippen LogP contribution in [0.2, 0.25) is 5.02 Å². The Hall–Kier alpha value is -2.82. The lowest BCUT2D eigenvalue weighted by atomic mass is 10.1. The van der Waals surface area contributed by atoms with Crippen LogP contribution in [0.3, 0.4) is 0 Å². The number of hydrogen-bond donors (Lipinski definition) is 0. The Morgan fingerprint density at radius 3 is 2.77 bits per heavy atom. The van der Waals surface area contributed by atoms with E-state index in [1.54, 1.807) is 0 Å². The maximum absolute atomic E-state index is 6.37. The minimum atomic E-state index is 0.698. The fourth-order valence-electron chi connectivity index (χ4n) is 4.28. The van der Waals surface area contributed by atoms with Crippen LogP contribution in [0.1, 0.15) is 18.7 Å². The van der Waals surface area contributed by atoms with Crippen LogP contribution in [0.4, 0.5) is 0 Å². The van der Waals surface area contributed by atoms with E-state index < -0.39 is 0 Å². The molecule has 0 unspecified atom stereocenters. The highest BCUT2D eigenvalue weighted by Gasteiger charge is 2.20. The number of hydrogen-bond acceptors (Lipinski definition) is 2. The van der Waals surface area contributed by atoms with E-state index in [-0.39, 0.29) is 0 Å². The number of rotatable bonds is 2. The fourth-order valence-corrected chi connectivity index (χ4v) is 5.14. The van der Waals surface area contributed by atoms with Crippen LogP contribution in [0.25, 0.3) is 44.2 Å². The molecule has 146 valence electrons. The summed E-state index contributed by atoms with van der Waals surface area (Å²) in [5.74, 6) is 0.714. The predicted molar refractivity (Wildman–Crippen MR) is 127 cm³/mol. The van der Waals surface area contributed by atoms with Crippen LogP contribution in [-0.2, 0) is 0 Å². The zero-order valence-electron chi connectivity index (χ0n) is 15.9. The molecule has 0 spiro atoms. The molecule has 5 heteroatoms. The Labute approximate surface area is 186 Å². The van der Waals surface area contributed by atoms with Gasteiger partial charge in [0.2, 0.25) is 5.89 Å². The van der Waals surface area contributed by atoms with Gasteiger partial charge in [-0.05, 0) is 65.2 Å². The monoisotopic (exact) mass is 474 g/mol. The molecular formula is C25H16BrClN2O. The van der Waals surface area contributed by atoms with Gasteiger partial charge in [-0.3, -0.25) is 0 Å². The van der Waals surface area contributed by atoms with Crippen LogP contribution in [-0.4, -0.2) is 9.55 Å². The summed E-state index contributed by atoms with van der Waals surface area (Å²) in [6.45, 7) is 0. The van der Waals surface area contributed by atoms with Crippen molar-refractivity contribution >= 4 is 66.0 Å². The lowest BCUT2D eigenvalue weighted by Gasteiger charge is -2.10. The van der Waals surface area contributed by atoms with Gasteiger partial charge in [0.25, 0.3) is 0 Å². The molecule has 0 aliphatic heterocycles. The normalized spacial score (nSPS) is 14.1. The van der Waals surface area contributed by atoms with E-state index >= 15 is 0 Å². The molecule has 0 radical (unpaired) electrons. The van der Waals surface area contributed by atoms with Crippen molar-refractivity contribution in [3.63, 3.8) is 0 Å². The van der Waals surface area contributed by atoms with Crippen molar-refractivity contribution < 1.29 is 4.42 Å². The van der Waals surface area contributed by atoms with Gasteiger partial charge in [0.1, 0.15) is 5.52 Å². The first-order valence-corrected chi connectivity index (χ1v) is 11.0. The summed E-state index contributed by atoms with van der Waals surface area (Å²) in [4.78, 5) is 4.80. The number of para-hydroxylation sites is 1. The van der Waals surface area contributed by atoms with E-state index in [1.807, 2.05) is 24.3 Å². The van der Waals surface area contributed by atoms with E-state index in [4.69, 9.17) is 21.0 Å². The summed E-state index contributed by atoms with van der Waals surface area (Å²) in [6.07, 6.45) is 8.31. The van der Waals surface area contributed by atoms with E-state index in [9.17, 15) is 0 Å². The lowest BCUT2D eigenvalue weighted by Crippen LogP contribution is -1.94. The molecule has 30 heavy (non-hydrogen) atoms. The summed E-state index contributed by atoms with van der Waals surface area (Å²) in [5.41, 5.74) is 6.08. The van der Waals surface area contributed by atoms with Gasteiger partial charge in [0.15, 0.2) is 5.58 Å². The molecule has 6 rings (SSSR count). The summed E-state index contributed by atoms with van der Waals surface area (Å²) in [7, 11) is 0. The Bertz CT molecular complexity index is 1520. The zero-order valence-corrected chi connectivity index (χ0v) is 18.2. The minimum absolute atomic E-state index is 0.698. The highest BCUT2D eigenvalue weighted by atomic mass is 79.9. The number of fused-ring (bicyclic) bond motifs is 5. The summed E-state index contributed by atoms with van der Waals surface area (Å²) < 4.78 is 9.55. The topological polar surface area (TPSA) is 31.0 Å². The number of aromatic nitrogens is 2. The predicted octanol–water partition coefficient (Wildman–Crippen LogP) is 8.07. The second-order valence-corrected chi connectivity index (χ2v) is 8.72. The third kappa shape index (κ3) is 2.68. The van der Waals surface area contributed by atoms with Gasteiger partial charge in [-0.1, -0.05) is 48.0 Å².